The van der Waals surface area contributed by atoms with Crippen LogP contribution in [0, 0.1) is 5.92 Å². The summed E-state index contributed by atoms with van der Waals surface area (Å²) in [6.07, 6.45) is 4.71. The largest absolute Gasteiger partial charge is 0.312 e. The molecule has 1 saturated heterocycles. The fourth-order valence-electron chi connectivity index (χ4n) is 2.37. The highest BCUT2D eigenvalue weighted by Gasteiger charge is 2.27. The van der Waals surface area contributed by atoms with E-state index in [2.05, 4.69) is 44.5 Å². The van der Waals surface area contributed by atoms with Crippen LogP contribution in [-0.4, -0.2) is 36.1 Å². The number of nitrogens with zero attached hydrogens (tertiary/aromatic N) is 1. The van der Waals surface area contributed by atoms with Crippen LogP contribution in [0.1, 0.15) is 40.5 Å². The third kappa shape index (κ3) is 3.91. The Morgan fingerprint density at radius 1 is 1.44 bits per heavy atom. The van der Waals surface area contributed by atoms with Gasteiger partial charge in [-0.2, -0.15) is 0 Å². The first-order chi connectivity index (χ1) is 7.45. The Bertz CT molecular complexity index is 217. The van der Waals surface area contributed by atoms with Crippen molar-refractivity contribution in [2.45, 2.75) is 52.1 Å². The van der Waals surface area contributed by atoms with Gasteiger partial charge in [0.2, 0.25) is 0 Å². The summed E-state index contributed by atoms with van der Waals surface area (Å²) >= 11 is 0. The molecule has 2 atom stereocenters. The van der Waals surface area contributed by atoms with Gasteiger partial charge in [0.25, 0.3) is 0 Å². The predicted molar refractivity (Wildman–Crippen MR) is 71.7 cm³/mol. The van der Waals surface area contributed by atoms with E-state index in [1.54, 1.807) is 0 Å². The summed E-state index contributed by atoms with van der Waals surface area (Å²) in [5, 5.41) is 3.65. The van der Waals surface area contributed by atoms with Gasteiger partial charge in [-0.1, -0.05) is 13.0 Å². The minimum absolute atomic E-state index is 0.229. The molecule has 0 aliphatic carbocycles. The zero-order chi connectivity index (χ0) is 12.2. The van der Waals surface area contributed by atoms with E-state index in [1.165, 1.54) is 19.4 Å². The summed E-state index contributed by atoms with van der Waals surface area (Å²) in [6.45, 7) is 16.4. The summed E-state index contributed by atoms with van der Waals surface area (Å²) in [5.41, 5.74) is 0.229. The van der Waals surface area contributed by atoms with Gasteiger partial charge >= 0.3 is 0 Å². The number of nitrogens with one attached hydrogen (secondary N) is 1. The molecule has 0 aromatic heterocycles. The van der Waals surface area contributed by atoms with Gasteiger partial charge in [-0.05, 0) is 46.1 Å². The van der Waals surface area contributed by atoms with Crippen LogP contribution in [0.15, 0.2) is 12.7 Å². The molecule has 0 aromatic carbocycles. The standard InChI is InChI=1S/C14H28N2/c1-6-10-16(14(3,4)5)11-13-12(2)8-7-9-15-13/h6,12-13,15H,1,7-11H2,2-5H3. The summed E-state index contributed by atoms with van der Waals surface area (Å²) in [6, 6.07) is 0.646. The van der Waals surface area contributed by atoms with E-state index in [-0.39, 0.29) is 5.54 Å². The predicted octanol–water partition coefficient (Wildman–Crippen LogP) is 2.66. The van der Waals surface area contributed by atoms with Gasteiger partial charge < -0.3 is 5.32 Å². The molecule has 0 aromatic rings. The Labute approximate surface area is 101 Å². The van der Waals surface area contributed by atoms with E-state index >= 15 is 0 Å². The van der Waals surface area contributed by atoms with Gasteiger partial charge in [0.05, 0.1) is 0 Å². The van der Waals surface area contributed by atoms with E-state index < -0.39 is 0 Å². The van der Waals surface area contributed by atoms with Crippen LogP contribution in [0.2, 0.25) is 0 Å². The average Bonchev–Trinajstić information content (AvgIpc) is 2.19. The Hall–Kier alpha value is -0.340. The molecule has 2 heteroatoms. The van der Waals surface area contributed by atoms with Gasteiger partial charge in [0.1, 0.15) is 0 Å². The summed E-state index contributed by atoms with van der Waals surface area (Å²) in [5.74, 6) is 0.795. The lowest BCUT2D eigenvalue weighted by molar-refractivity contribution is 0.115. The van der Waals surface area contributed by atoms with Crippen molar-refractivity contribution >= 4 is 0 Å². The molecule has 0 spiro atoms. The Morgan fingerprint density at radius 2 is 2.12 bits per heavy atom. The van der Waals surface area contributed by atoms with Crippen LogP contribution in [0.5, 0.6) is 0 Å². The second-order valence-corrected chi connectivity index (χ2v) is 6.04. The van der Waals surface area contributed by atoms with E-state index in [1.807, 2.05) is 6.08 Å². The van der Waals surface area contributed by atoms with Crippen molar-refractivity contribution in [1.29, 1.82) is 0 Å². The quantitative estimate of drug-likeness (QED) is 0.739. The molecular weight excluding hydrogens is 196 g/mol. The average molecular weight is 224 g/mol. The molecule has 94 valence electrons. The van der Waals surface area contributed by atoms with Gasteiger partial charge in [0.15, 0.2) is 0 Å². The van der Waals surface area contributed by atoms with E-state index in [4.69, 9.17) is 0 Å². The number of piperidine rings is 1. The Kier molecular flexibility index (Phi) is 5.00. The highest BCUT2D eigenvalue weighted by molar-refractivity contribution is 4.89. The van der Waals surface area contributed by atoms with Crippen LogP contribution in [0.3, 0.4) is 0 Å². The fraction of sp³-hybridized carbons (Fsp3) is 0.857. The first-order valence-corrected chi connectivity index (χ1v) is 6.54. The second-order valence-electron chi connectivity index (χ2n) is 6.04. The Balaban J connectivity index is 2.56. The molecule has 1 rings (SSSR count). The zero-order valence-electron chi connectivity index (χ0n) is 11.4. The minimum Gasteiger partial charge on any atom is -0.312 e. The molecular formula is C14H28N2. The lowest BCUT2D eigenvalue weighted by Gasteiger charge is -2.40. The molecule has 0 saturated carbocycles. The first kappa shape index (κ1) is 13.7. The summed E-state index contributed by atoms with van der Waals surface area (Å²) < 4.78 is 0. The monoisotopic (exact) mass is 224 g/mol. The second kappa shape index (κ2) is 5.83. The zero-order valence-corrected chi connectivity index (χ0v) is 11.4. The summed E-state index contributed by atoms with van der Waals surface area (Å²) in [4.78, 5) is 2.51. The molecule has 1 aliphatic heterocycles. The number of rotatable bonds is 4. The van der Waals surface area contributed by atoms with Crippen molar-refractivity contribution in [2.24, 2.45) is 5.92 Å². The molecule has 0 amide bonds. The van der Waals surface area contributed by atoms with Crippen LogP contribution in [0.4, 0.5) is 0 Å². The third-order valence-electron chi connectivity index (χ3n) is 3.64. The minimum atomic E-state index is 0.229. The van der Waals surface area contributed by atoms with Crippen molar-refractivity contribution < 1.29 is 0 Å². The Morgan fingerprint density at radius 3 is 2.62 bits per heavy atom. The van der Waals surface area contributed by atoms with Crippen molar-refractivity contribution in [2.75, 3.05) is 19.6 Å². The first-order valence-electron chi connectivity index (χ1n) is 6.54. The van der Waals surface area contributed by atoms with Crippen molar-refractivity contribution in [3.05, 3.63) is 12.7 Å². The molecule has 2 nitrogen and oxygen atoms in total. The molecule has 1 heterocycles. The maximum absolute atomic E-state index is 3.86. The third-order valence-corrected chi connectivity index (χ3v) is 3.64. The lowest BCUT2D eigenvalue weighted by atomic mass is 9.91. The van der Waals surface area contributed by atoms with Crippen molar-refractivity contribution in [1.82, 2.24) is 10.2 Å². The van der Waals surface area contributed by atoms with Crippen LogP contribution in [0.25, 0.3) is 0 Å². The van der Waals surface area contributed by atoms with E-state index in [9.17, 15) is 0 Å². The maximum Gasteiger partial charge on any atom is 0.0220 e. The molecule has 1 aliphatic rings. The van der Waals surface area contributed by atoms with Gasteiger partial charge in [0, 0.05) is 24.7 Å². The molecule has 1 N–H and O–H groups in total. The molecule has 0 radical (unpaired) electrons. The lowest BCUT2D eigenvalue weighted by Crippen LogP contribution is -2.52. The fourth-order valence-corrected chi connectivity index (χ4v) is 2.37. The SMILES string of the molecule is C=CCN(CC1NCCCC1C)C(C)(C)C. The molecule has 16 heavy (non-hydrogen) atoms. The molecule has 2 unspecified atom stereocenters. The smallest absolute Gasteiger partial charge is 0.0220 e. The summed E-state index contributed by atoms with van der Waals surface area (Å²) in [7, 11) is 0. The maximum atomic E-state index is 3.86. The molecule has 1 fully saturated rings. The van der Waals surface area contributed by atoms with Gasteiger partial charge in [-0.3, -0.25) is 4.90 Å². The highest BCUT2D eigenvalue weighted by Crippen LogP contribution is 2.20. The van der Waals surface area contributed by atoms with E-state index in [0.29, 0.717) is 6.04 Å². The van der Waals surface area contributed by atoms with Crippen LogP contribution < -0.4 is 5.32 Å². The normalized spacial score (nSPS) is 27.1. The highest BCUT2D eigenvalue weighted by atomic mass is 15.2. The van der Waals surface area contributed by atoms with Crippen molar-refractivity contribution in [3.63, 3.8) is 0 Å². The molecule has 0 bridgehead atoms. The van der Waals surface area contributed by atoms with Crippen LogP contribution in [-0.2, 0) is 0 Å². The van der Waals surface area contributed by atoms with Crippen LogP contribution >= 0.6 is 0 Å². The van der Waals surface area contributed by atoms with E-state index in [0.717, 1.165) is 19.0 Å². The van der Waals surface area contributed by atoms with Gasteiger partial charge in [-0.25, -0.2) is 0 Å². The topological polar surface area (TPSA) is 15.3 Å². The number of hydrogen-bond donors (Lipinski definition) is 1. The van der Waals surface area contributed by atoms with Gasteiger partial charge in [-0.15, -0.1) is 6.58 Å². The van der Waals surface area contributed by atoms with Crippen molar-refractivity contribution in [3.8, 4) is 0 Å². The number of hydrogen-bond acceptors (Lipinski definition) is 2.